The van der Waals surface area contributed by atoms with Crippen LogP contribution in [0.1, 0.15) is 33.1 Å². The van der Waals surface area contributed by atoms with Crippen molar-refractivity contribution in [1.82, 2.24) is 10.6 Å². The van der Waals surface area contributed by atoms with Gasteiger partial charge in [-0.1, -0.05) is 54.6 Å². The summed E-state index contributed by atoms with van der Waals surface area (Å²) >= 11 is 1.12. The average Bonchev–Trinajstić information content (AvgIpc) is 3.02. The molecule has 1 heterocycles. The molecule has 1 aliphatic heterocycles. The number of aliphatic carboxylic acids is 1. The number of Topliss-reactive ketones (excluding diaryl/α,β-unsaturated/α-hetero) is 1. The molecular formula is C33H26F2N2O6S. The summed E-state index contributed by atoms with van der Waals surface area (Å²) in [4.78, 5) is 49.8. The maximum absolute atomic E-state index is 13.8. The largest absolute Gasteiger partial charge is 0.484 e. The molecule has 0 spiro atoms. The number of benzene rings is 4. The van der Waals surface area contributed by atoms with E-state index in [9.17, 15) is 33.1 Å². The number of carboxylic acids is 1. The van der Waals surface area contributed by atoms with E-state index >= 15 is 0 Å². The van der Waals surface area contributed by atoms with Gasteiger partial charge >= 0.3 is 5.97 Å². The fraction of sp³-hybridized carbons (Fsp3) is 0.152. The summed E-state index contributed by atoms with van der Waals surface area (Å²) in [6.45, 7) is -0.445. The fourth-order valence-corrected chi connectivity index (χ4v) is 6.22. The maximum Gasteiger partial charge on any atom is 0.330 e. The Bertz CT molecular complexity index is 1670. The molecule has 1 fully saturated rings. The number of carbonyl (C=O) groups is 4. The Hall–Kier alpha value is -5.03. The van der Waals surface area contributed by atoms with Gasteiger partial charge in [0.1, 0.15) is 28.2 Å². The van der Waals surface area contributed by atoms with E-state index in [1.165, 1.54) is 36.4 Å². The second kappa shape index (κ2) is 13.1. The highest BCUT2D eigenvalue weighted by Crippen LogP contribution is 2.46. The van der Waals surface area contributed by atoms with Gasteiger partial charge in [-0.25, -0.2) is 13.6 Å². The number of rotatable bonds is 12. The second-order valence-electron chi connectivity index (χ2n) is 9.99. The van der Waals surface area contributed by atoms with Gasteiger partial charge in [0, 0.05) is 5.56 Å². The third-order valence-corrected chi connectivity index (χ3v) is 8.49. The summed E-state index contributed by atoms with van der Waals surface area (Å²) in [5.74, 6) is -3.10. The van der Waals surface area contributed by atoms with Crippen LogP contribution in [0, 0.1) is 11.6 Å². The molecule has 4 aromatic rings. The minimum atomic E-state index is -1.24. The zero-order valence-corrected chi connectivity index (χ0v) is 23.9. The highest BCUT2D eigenvalue weighted by atomic mass is 32.2. The Morgan fingerprint density at radius 2 is 1.43 bits per heavy atom. The van der Waals surface area contributed by atoms with Crippen molar-refractivity contribution in [3.63, 3.8) is 0 Å². The van der Waals surface area contributed by atoms with Gasteiger partial charge in [-0.15, -0.1) is 11.8 Å². The Labute approximate surface area is 255 Å². The molecule has 1 saturated heterocycles. The molecule has 0 aliphatic carbocycles. The van der Waals surface area contributed by atoms with Crippen LogP contribution in [-0.4, -0.2) is 46.3 Å². The van der Waals surface area contributed by atoms with Gasteiger partial charge in [0.25, 0.3) is 5.91 Å². The van der Waals surface area contributed by atoms with Gasteiger partial charge < -0.3 is 20.5 Å². The Morgan fingerprint density at radius 3 is 2.00 bits per heavy atom. The quantitative estimate of drug-likeness (QED) is 0.157. The molecule has 5 rings (SSSR count). The van der Waals surface area contributed by atoms with Crippen molar-refractivity contribution in [2.45, 2.75) is 16.8 Å². The van der Waals surface area contributed by atoms with Gasteiger partial charge in [0.05, 0.1) is 5.75 Å². The van der Waals surface area contributed by atoms with E-state index in [1.807, 2.05) is 0 Å². The molecule has 1 aliphatic rings. The number of nitrogens with one attached hydrogen (secondary N) is 2. The van der Waals surface area contributed by atoms with Crippen LogP contribution in [0.25, 0.3) is 0 Å². The summed E-state index contributed by atoms with van der Waals surface area (Å²) in [6.07, 6.45) is 0. The van der Waals surface area contributed by atoms with Crippen molar-refractivity contribution in [3.8, 4) is 5.75 Å². The summed E-state index contributed by atoms with van der Waals surface area (Å²) < 4.78 is 32.7. The van der Waals surface area contributed by atoms with Gasteiger partial charge in [0.15, 0.2) is 18.4 Å². The zero-order valence-electron chi connectivity index (χ0n) is 23.0. The van der Waals surface area contributed by atoms with Crippen LogP contribution in [0.15, 0.2) is 103 Å². The molecule has 0 radical (unpaired) electrons. The monoisotopic (exact) mass is 616 g/mol. The van der Waals surface area contributed by atoms with E-state index in [2.05, 4.69) is 10.6 Å². The summed E-state index contributed by atoms with van der Waals surface area (Å²) in [5, 5.41) is 14.2. The number of amides is 2. The van der Waals surface area contributed by atoms with Crippen molar-refractivity contribution < 1.29 is 37.8 Å². The lowest BCUT2D eigenvalue weighted by atomic mass is 9.74. The number of hydrogen-bond acceptors (Lipinski definition) is 6. The Kier molecular flexibility index (Phi) is 9.05. The van der Waals surface area contributed by atoms with E-state index in [0.29, 0.717) is 28.0 Å². The van der Waals surface area contributed by atoms with Crippen molar-refractivity contribution in [1.29, 1.82) is 0 Å². The maximum atomic E-state index is 13.8. The molecule has 224 valence electrons. The molecule has 3 atom stereocenters. The number of ketones is 1. The van der Waals surface area contributed by atoms with Crippen LogP contribution in [-0.2, 0) is 19.9 Å². The summed E-state index contributed by atoms with van der Waals surface area (Å²) in [5.41, 5.74) is 0.855. The third kappa shape index (κ3) is 6.47. The first-order valence-electron chi connectivity index (χ1n) is 13.5. The van der Waals surface area contributed by atoms with Gasteiger partial charge in [-0.2, -0.15) is 0 Å². The molecule has 44 heavy (non-hydrogen) atoms. The summed E-state index contributed by atoms with van der Waals surface area (Å²) in [6, 6.07) is 24.4. The molecule has 2 amide bonds. The molecular weight excluding hydrogens is 590 g/mol. The lowest BCUT2D eigenvalue weighted by Gasteiger charge is -2.49. The first kappa shape index (κ1) is 30.4. The van der Waals surface area contributed by atoms with E-state index in [1.54, 1.807) is 66.7 Å². The number of hydrogen-bond donors (Lipinski definition) is 3. The predicted octanol–water partition coefficient (Wildman–Crippen LogP) is 4.64. The van der Waals surface area contributed by atoms with Gasteiger partial charge in [-0.05, 0) is 65.2 Å². The van der Waals surface area contributed by atoms with Gasteiger partial charge in [-0.3, -0.25) is 14.4 Å². The van der Waals surface area contributed by atoms with Crippen molar-refractivity contribution >= 4 is 35.3 Å². The molecule has 4 aromatic carbocycles. The van der Waals surface area contributed by atoms with Crippen LogP contribution in [0.5, 0.6) is 5.75 Å². The van der Waals surface area contributed by atoms with E-state index in [0.717, 1.165) is 11.8 Å². The average molecular weight is 617 g/mol. The third-order valence-electron chi connectivity index (χ3n) is 7.16. The van der Waals surface area contributed by atoms with Crippen LogP contribution in [0.4, 0.5) is 8.78 Å². The lowest BCUT2D eigenvalue weighted by Crippen LogP contribution is -2.69. The van der Waals surface area contributed by atoms with Crippen LogP contribution >= 0.6 is 11.8 Å². The van der Waals surface area contributed by atoms with Crippen molar-refractivity contribution in [3.05, 3.63) is 137 Å². The number of halogens is 2. The number of carbonyl (C=O) groups excluding carboxylic acids is 3. The molecule has 11 heteroatoms. The normalized spacial score (nSPS) is 18.0. The minimum Gasteiger partial charge on any atom is -0.484 e. The van der Waals surface area contributed by atoms with E-state index in [-0.39, 0.29) is 17.4 Å². The van der Waals surface area contributed by atoms with Crippen molar-refractivity contribution in [2.24, 2.45) is 0 Å². The highest BCUT2D eigenvalue weighted by molar-refractivity contribution is 8.01. The minimum absolute atomic E-state index is 0.0523. The van der Waals surface area contributed by atoms with Crippen LogP contribution < -0.4 is 15.4 Å². The molecule has 0 saturated carbocycles. The molecule has 3 N–H and O–H groups in total. The number of carboxylic acid groups (broad SMARTS) is 1. The first-order chi connectivity index (χ1) is 21.2. The fourth-order valence-electron chi connectivity index (χ4n) is 4.95. The highest BCUT2D eigenvalue weighted by Gasteiger charge is 2.56. The molecule has 8 nitrogen and oxygen atoms in total. The first-order valence-corrected chi connectivity index (χ1v) is 14.5. The topological polar surface area (TPSA) is 122 Å². The zero-order chi connectivity index (χ0) is 31.3. The Balaban J connectivity index is 1.31. The van der Waals surface area contributed by atoms with Crippen LogP contribution in [0.2, 0.25) is 0 Å². The Morgan fingerprint density at radius 1 is 0.864 bits per heavy atom. The predicted molar refractivity (Wildman–Crippen MR) is 159 cm³/mol. The van der Waals surface area contributed by atoms with Crippen LogP contribution in [0.3, 0.4) is 0 Å². The molecule has 0 bridgehead atoms. The standard InChI is InChI=1S/C33H26F2N2O6S/c34-24-12-6-20(7-13-24)27(38)19-44-30-31(40)37-33(30,22-8-14-25(35)15-9-22)23-10-16-26(17-11-23)43-18-28(39)36-29(32(41)42)21-4-2-1-3-5-21/h1-17,29-30H,18-19H2,(H,36,39)(H,37,40)(H,41,42)/t29-,30+,33+/m1/s1. The van der Waals surface area contributed by atoms with E-state index < -0.39 is 46.9 Å². The summed E-state index contributed by atoms with van der Waals surface area (Å²) in [7, 11) is 0. The van der Waals surface area contributed by atoms with Crippen molar-refractivity contribution in [2.75, 3.05) is 12.4 Å². The van der Waals surface area contributed by atoms with E-state index in [4.69, 9.17) is 4.74 Å². The number of β-lactam (4-membered cyclic amide) rings is 1. The second-order valence-corrected chi connectivity index (χ2v) is 11.1. The molecule has 0 aromatic heterocycles. The van der Waals surface area contributed by atoms with Gasteiger partial charge in [0.2, 0.25) is 5.91 Å². The number of ether oxygens (including phenoxy) is 1. The smallest absolute Gasteiger partial charge is 0.330 e. The number of thioether (sulfide) groups is 1. The lowest BCUT2D eigenvalue weighted by molar-refractivity contribution is -0.142. The molecule has 0 unspecified atom stereocenters. The SMILES string of the molecule is O=C(COc1ccc([C@]2(c3ccc(F)cc3)NC(=O)[C@@H]2SCC(=O)c2ccc(F)cc2)cc1)N[C@@H](C(=O)O)c1ccccc1.